The molecule has 0 bridgehead atoms. The molecule has 0 spiro atoms. The molecule has 5 rings (SSSR count). The number of nitrogens with one attached hydrogen (secondary N) is 2. The zero-order chi connectivity index (χ0) is 23.5. The number of halogens is 1. The summed E-state index contributed by atoms with van der Waals surface area (Å²) in [6, 6.07) is 13.3. The van der Waals surface area contributed by atoms with E-state index in [4.69, 9.17) is 4.74 Å². The van der Waals surface area contributed by atoms with Crippen molar-refractivity contribution < 1.29 is 13.9 Å². The van der Waals surface area contributed by atoms with Gasteiger partial charge in [0.15, 0.2) is 5.65 Å². The number of amides is 1. The normalized spacial score (nSPS) is 10.9. The van der Waals surface area contributed by atoms with Crippen molar-refractivity contribution in [3.8, 4) is 22.8 Å². The molecule has 168 valence electrons. The second-order valence-electron chi connectivity index (χ2n) is 7.48. The highest BCUT2D eigenvalue weighted by Gasteiger charge is 2.13. The number of benzene rings is 2. The minimum Gasteiger partial charge on any atom is -0.437 e. The molecule has 3 heterocycles. The van der Waals surface area contributed by atoms with E-state index in [0.29, 0.717) is 35.0 Å². The van der Waals surface area contributed by atoms with Gasteiger partial charge in [-0.2, -0.15) is 5.10 Å². The molecule has 0 unspecified atom stereocenters. The molecule has 3 aromatic heterocycles. The zero-order valence-electron chi connectivity index (χ0n) is 17.9. The van der Waals surface area contributed by atoms with Crippen LogP contribution >= 0.6 is 0 Å². The van der Waals surface area contributed by atoms with E-state index in [1.54, 1.807) is 47.3 Å². The summed E-state index contributed by atoms with van der Waals surface area (Å²) in [4.78, 5) is 23.7. The van der Waals surface area contributed by atoms with E-state index in [0.717, 1.165) is 16.7 Å². The fourth-order valence-corrected chi connectivity index (χ4v) is 3.46. The predicted octanol–water partition coefficient (Wildman–Crippen LogP) is 4.93. The van der Waals surface area contributed by atoms with E-state index in [1.807, 2.05) is 12.4 Å². The number of anilines is 1. The van der Waals surface area contributed by atoms with Gasteiger partial charge in [-0.3, -0.25) is 9.48 Å². The quantitative estimate of drug-likeness (QED) is 0.340. The molecule has 0 fully saturated rings. The number of hydrogen-bond acceptors (Lipinski definition) is 5. The number of aromatic amines is 1. The highest BCUT2D eigenvalue weighted by Crippen LogP contribution is 2.29. The predicted molar refractivity (Wildman–Crippen MR) is 126 cm³/mol. The molecule has 0 atom stereocenters. The van der Waals surface area contributed by atoms with Crippen LogP contribution in [0.4, 0.5) is 10.1 Å². The Labute approximate surface area is 193 Å². The van der Waals surface area contributed by atoms with E-state index in [-0.39, 0.29) is 11.7 Å². The lowest BCUT2D eigenvalue weighted by molar-refractivity contribution is -0.111. The number of aromatic nitrogens is 5. The van der Waals surface area contributed by atoms with Gasteiger partial charge in [0.25, 0.3) is 0 Å². The van der Waals surface area contributed by atoms with E-state index in [2.05, 4.69) is 31.9 Å². The van der Waals surface area contributed by atoms with E-state index in [1.165, 1.54) is 24.4 Å². The Morgan fingerprint density at radius 3 is 2.88 bits per heavy atom. The van der Waals surface area contributed by atoms with Gasteiger partial charge in [-0.25, -0.2) is 14.4 Å². The lowest BCUT2D eigenvalue weighted by Crippen LogP contribution is -2.07. The second kappa shape index (κ2) is 8.99. The second-order valence-corrected chi connectivity index (χ2v) is 7.48. The summed E-state index contributed by atoms with van der Waals surface area (Å²) in [5.74, 6) is 0.225. The largest absolute Gasteiger partial charge is 0.437 e. The first-order valence-electron chi connectivity index (χ1n) is 10.4. The van der Waals surface area contributed by atoms with Crippen LogP contribution in [0.3, 0.4) is 0 Å². The number of fused-ring (bicyclic) bond motifs is 1. The van der Waals surface area contributed by atoms with Crippen molar-refractivity contribution in [2.45, 2.75) is 6.54 Å². The molecule has 2 aromatic carbocycles. The highest BCUT2D eigenvalue weighted by atomic mass is 19.1. The van der Waals surface area contributed by atoms with Gasteiger partial charge >= 0.3 is 0 Å². The van der Waals surface area contributed by atoms with Crippen LogP contribution in [-0.4, -0.2) is 30.6 Å². The van der Waals surface area contributed by atoms with Crippen LogP contribution in [0.15, 0.2) is 86.0 Å². The number of hydrogen-bond donors (Lipinski definition) is 2. The van der Waals surface area contributed by atoms with E-state index in [9.17, 15) is 9.18 Å². The van der Waals surface area contributed by atoms with Crippen LogP contribution < -0.4 is 10.1 Å². The van der Waals surface area contributed by atoms with Crippen LogP contribution in [0, 0.1) is 5.82 Å². The maximum Gasteiger partial charge on any atom is 0.247 e. The maximum absolute atomic E-state index is 13.1. The first-order valence-corrected chi connectivity index (χ1v) is 10.4. The molecule has 0 saturated carbocycles. The topological polar surface area (TPSA) is 97.7 Å². The summed E-state index contributed by atoms with van der Waals surface area (Å²) in [5, 5.41) is 7.11. The molecular formula is C25H19FN6O2. The average Bonchev–Trinajstić information content (AvgIpc) is 3.47. The number of carbonyl (C=O) groups excluding carboxylic acids is 1. The van der Waals surface area contributed by atoms with Crippen LogP contribution in [0.2, 0.25) is 0 Å². The van der Waals surface area contributed by atoms with Gasteiger partial charge in [0, 0.05) is 35.3 Å². The first kappa shape index (κ1) is 21.1. The molecular weight excluding hydrogens is 435 g/mol. The Balaban J connectivity index is 1.38. The third kappa shape index (κ3) is 4.53. The van der Waals surface area contributed by atoms with Crippen molar-refractivity contribution in [2.24, 2.45) is 0 Å². The summed E-state index contributed by atoms with van der Waals surface area (Å²) in [5.41, 5.74) is 4.44. The van der Waals surface area contributed by atoms with Crippen molar-refractivity contribution in [3.63, 3.8) is 0 Å². The molecule has 1 amide bonds. The number of rotatable bonds is 7. The fourth-order valence-electron chi connectivity index (χ4n) is 3.46. The van der Waals surface area contributed by atoms with Crippen molar-refractivity contribution in [1.82, 2.24) is 24.7 Å². The average molecular weight is 454 g/mol. The molecule has 0 aliphatic carbocycles. The van der Waals surface area contributed by atoms with Crippen LogP contribution in [0.5, 0.6) is 11.6 Å². The lowest BCUT2D eigenvalue weighted by Gasteiger charge is -2.07. The Bertz CT molecular complexity index is 1490. The molecule has 0 aliphatic heterocycles. The molecule has 2 N–H and O–H groups in total. The summed E-state index contributed by atoms with van der Waals surface area (Å²) in [6.07, 6.45) is 8.18. The molecule has 0 saturated heterocycles. The van der Waals surface area contributed by atoms with Gasteiger partial charge in [0.1, 0.15) is 17.1 Å². The highest BCUT2D eigenvalue weighted by molar-refractivity contribution is 5.99. The summed E-state index contributed by atoms with van der Waals surface area (Å²) >= 11 is 0. The third-order valence-corrected chi connectivity index (χ3v) is 5.07. The molecule has 8 nitrogen and oxygen atoms in total. The number of carbonyl (C=O) groups is 1. The Hall–Kier alpha value is -4.79. The monoisotopic (exact) mass is 454 g/mol. The fraction of sp³-hybridized carbons (Fsp3) is 0.0400. The van der Waals surface area contributed by atoms with Gasteiger partial charge in [-0.05, 0) is 35.9 Å². The zero-order valence-corrected chi connectivity index (χ0v) is 17.9. The maximum atomic E-state index is 13.1. The minimum atomic E-state index is -0.310. The molecule has 34 heavy (non-hydrogen) atoms. The van der Waals surface area contributed by atoms with Crippen LogP contribution in [0.25, 0.3) is 22.3 Å². The van der Waals surface area contributed by atoms with Gasteiger partial charge in [0.05, 0.1) is 18.9 Å². The smallest absolute Gasteiger partial charge is 0.247 e. The first-order chi connectivity index (χ1) is 16.6. The van der Waals surface area contributed by atoms with E-state index < -0.39 is 0 Å². The molecule has 0 radical (unpaired) electrons. The number of nitrogens with zero attached hydrogens (tertiary/aromatic N) is 4. The standard InChI is InChI=1S/C25H19FN6O2/c1-2-22(33)30-19-4-3-5-20(10-19)34-23-13-28-25-24(31-23)21(12-27-25)17-11-29-32(15-17)14-16-6-8-18(26)9-7-16/h2-13,15H,1,14H2,(H,27,28)(H,30,33). The SMILES string of the molecule is C=CC(=O)Nc1cccc(Oc2cnc3[nH]cc(-c4cnn(Cc5ccc(F)cc5)c4)c3n2)c1. The van der Waals surface area contributed by atoms with Crippen molar-refractivity contribution in [3.05, 3.63) is 97.4 Å². The van der Waals surface area contributed by atoms with Gasteiger partial charge in [0.2, 0.25) is 11.8 Å². The summed E-state index contributed by atoms with van der Waals surface area (Å²) in [7, 11) is 0. The Morgan fingerprint density at radius 1 is 1.21 bits per heavy atom. The van der Waals surface area contributed by atoms with Gasteiger partial charge in [-0.1, -0.05) is 24.8 Å². The molecule has 9 heteroatoms. The van der Waals surface area contributed by atoms with Gasteiger partial charge < -0.3 is 15.0 Å². The van der Waals surface area contributed by atoms with Crippen molar-refractivity contribution >= 4 is 22.8 Å². The minimum absolute atomic E-state index is 0.270. The summed E-state index contributed by atoms with van der Waals surface area (Å²) < 4.78 is 20.8. The van der Waals surface area contributed by atoms with E-state index >= 15 is 0 Å². The Kier molecular flexibility index (Phi) is 5.57. The summed E-state index contributed by atoms with van der Waals surface area (Å²) in [6.45, 7) is 3.96. The molecule has 5 aromatic rings. The molecule has 0 aliphatic rings. The third-order valence-electron chi connectivity index (χ3n) is 5.07. The van der Waals surface area contributed by atoms with Gasteiger partial charge in [-0.15, -0.1) is 0 Å². The van der Waals surface area contributed by atoms with Crippen LogP contribution in [0.1, 0.15) is 5.56 Å². The lowest BCUT2D eigenvalue weighted by atomic mass is 10.2. The van der Waals surface area contributed by atoms with Crippen molar-refractivity contribution in [1.29, 1.82) is 0 Å². The Morgan fingerprint density at radius 2 is 2.06 bits per heavy atom. The van der Waals surface area contributed by atoms with Crippen molar-refractivity contribution in [2.75, 3.05) is 5.32 Å². The number of ether oxygens (including phenoxy) is 1. The number of H-pyrrole nitrogens is 1. The van der Waals surface area contributed by atoms with Crippen LogP contribution in [-0.2, 0) is 11.3 Å².